The molecule has 1 aromatic carbocycles. The largest absolute Gasteiger partial charge is 0.420 e. The van der Waals surface area contributed by atoms with Crippen molar-refractivity contribution in [1.82, 2.24) is 4.98 Å². The van der Waals surface area contributed by atoms with E-state index in [4.69, 9.17) is 10.5 Å². The van der Waals surface area contributed by atoms with Crippen LogP contribution < -0.4 is 15.4 Å². The van der Waals surface area contributed by atoms with E-state index in [9.17, 15) is 0 Å². The van der Waals surface area contributed by atoms with Crippen LogP contribution in [0.5, 0.6) is 5.88 Å². The summed E-state index contributed by atoms with van der Waals surface area (Å²) >= 11 is 0. The van der Waals surface area contributed by atoms with Crippen molar-refractivity contribution in [1.29, 1.82) is 0 Å². The van der Waals surface area contributed by atoms with E-state index in [2.05, 4.69) is 18.0 Å². The predicted octanol–water partition coefficient (Wildman–Crippen LogP) is 4.38. The first-order valence-corrected chi connectivity index (χ1v) is 7.67. The quantitative estimate of drug-likeness (QED) is 0.635. The number of aromatic nitrogens is 1. The zero-order valence-corrected chi connectivity index (χ0v) is 13.9. The van der Waals surface area contributed by atoms with E-state index in [0.29, 0.717) is 17.5 Å². The van der Waals surface area contributed by atoms with E-state index in [1.54, 1.807) is 18.3 Å². The van der Waals surface area contributed by atoms with Crippen LogP contribution >= 0.6 is 0 Å². The van der Waals surface area contributed by atoms with Gasteiger partial charge in [0.05, 0.1) is 5.69 Å². The Balaban J connectivity index is 2.36. The number of nitrogens with zero attached hydrogens (tertiary/aromatic N) is 2. The van der Waals surface area contributed by atoms with Gasteiger partial charge in [-0.2, -0.15) is 0 Å². The van der Waals surface area contributed by atoms with E-state index in [1.807, 2.05) is 55.3 Å². The summed E-state index contributed by atoms with van der Waals surface area (Å²) in [6.45, 7) is 4.16. The third kappa shape index (κ3) is 4.61. The molecule has 4 nitrogen and oxygen atoms in total. The molecule has 0 spiro atoms. The Hall–Kier alpha value is -2.75. The highest BCUT2D eigenvalue weighted by Crippen LogP contribution is 2.24. The predicted molar refractivity (Wildman–Crippen MR) is 96.3 cm³/mol. The number of benzene rings is 1. The Labute approximate surface area is 137 Å². The highest BCUT2D eigenvalue weighted by atomic mass is 16.5. The second kappa shape index (κ2) is 8.03. The number of hydrogen-bond donors (Lipinski definition) is 1. The van der Waals surface area contributed by atoms with Crippen LogP contribution in [0.3, 0.4) is 0 Å². The molecule has 0 unspecified atom stereocenters. The molecule has 120 valence electrons. The molecule has 0 radical (unpaired) electrons. The summed E-state index contributed by atoms with van der Waals surface area (Å²) in [6.07, 6.45) is 6.77. The van der Waals surface area contributed by atoms with Crippen molar-refractivity contribution in [3.63, 3.8) is 0 Å². The average molecular weight is 309 g/mol. The van der Waals surface area contributed by atoms with Crippen LogP contribution in [-0.2, 0) is 0 Å². The molecule has 0 saturated carbocycles. The van der Waals surface area contributed by atoms with Gasteiger partial charge in [0.15, 0.2) is 0 Å². The van der Waals surface area contributed by atoms with Crippen molar-refractivity contribution in [2.45, 2.75) is 20.3 Å². The van der Waals surface area contributed by atoms with E-state index in [1.165, 1.54) is 0 Å². The Morgan fingerprint density at radius 2 is 1.96 bits per heavy atom. The monoisotopic (exact) mass is 309 g/mol. The van der Waals surface area contributed by atoms with E-state index in [-0.39, 0.29) is 0 Å². The summed E-state index contributed by atoms with van der Waals surface area (Å²) in [5.41, 5.74) is 8.61. The standard InChI is InChI=1S/C19H23N3O/c1-4-9-15(2)14-18(22(3)16-10-6-5-7-11-16)23-19-17(20)12-8-13-21-19/h5-14H,4,20H2,1-3H3/b15-9+,18-14+. The van der Waals surface area contributed by atoms with Crippen molar-refractivity contribution >= 4 is 11.4 Å². The van der Waals surface area contributed by atoms with Gasteiger partial charge in [-0.1, -0.05) is 31.2 Å². The first kappa shape index (κ1) is 16.6. The van der Waals surface area contributed by atoms with E-state index < -0.39 is 0 Å². The number of nitrogens with two attached hydrogens (primary N) is 1. The van der Waals surface area contributed by atoms with Gasteiger partial charge in [0.1, 0.15) is 0 Å². The Kier molecular flexibility index (Phi) is 5.80. The SMILES string of the molecule is CC/C=C(C)/C=C(/Oc1ncccc1N)N(C)c1ccccc1. The Morgan fingerprint density at radius 1 is 1.22 bits per heavy atom. The highest BCUT2D eigenvalue weighted by molar-refractivity contribution is 5.53. The molecular formula is C19H23N3O. The molecule has 1 aromatic heterocycles. The fraction of sp³-hybridized carbons (Fsp3) is 0.211. The minimum Gasteiger partial charge on any atom is -0.420 e. The van der Waals surface area contributed by atoms with Gasteiger partial charge in [0.25, 0.3) is 0 Å². The van der Waals surface area contributed by atoms with Gasteiger partial charge in [-0.15, -0.1) is 0 Å². The minimum absolute atomic E-state index is 0.408. The van der Waals surface area contributed by atoms with Gasteiger partial charge in [0, 0.05) is 25.0 Å². The number of pyridine rings is 1. The number of anilines is 2. The molecule has 0 atom stereocenters. The lowest BCUT2D eigenvalue weighted by Gasteiger charge is -2.23. The summed E-state index contributed by atoms with van der Waals surface area (Å²) in [7, 11) is 1.96. The molecule has 0 aliphatic rings. The van der Waals surface area contributed by atoms with Crippen molar-refractivity contribution in [2.75, 3.05) is 17.7 Å². The average Bonchev–Trinajstić information content (AvgIpc) is 2.56. The van der Waals surface area contributed by atoms with E-state index >= 15 is 0 Å². The zero-order chi connectivity index (χ0) is 16.7. The summed E-state index contributed by atoms with van der Waals surface area (Å²) in [5.74, 6) is 1.08. The lowest BCUT2D eigenvalue weighted by molar-refractivity contribution is 0.398. The second-order valence-corrected chi connectivity index (χ2v) is 5.23. The van der Waals surface area contributed by atoms with Crippen molar-refractivity contribution < 1.29 is 4.74 Å². The number of hydrogen-bond acceptors (Lipinski definition) is 4. The molecule has 0 aliphatic carbocycles. The third-order valence-corrected chi connectivity index (χ3v) is 3.35. The van der Waals surface area contributed by atoms with Gasteiger partial charge in [-0.3, -0.25) is 0 Å². The van der Waals surface area contributed by atoms with Crippen LogP contribution in [0.25, 0.3) is 0 Å². The third-order valence-electron chi connectivity index (χ3n) is 3.35. The molecule has 2 N–H and O–H groups in total. The second-order valence-electron chi connectivity index (χ2n) is 5.23. The molecule has 4 heteroatoms. The van der Waals surface area contributed by atoms with Crippen molar-refractivity contribution in [2.24, 2.45) is 0 Å². The molecule has 0 fully saturated rings. The summed E-state index contributed by atoms with van der Waals surface area (Å²) in [4.78, 5) is 6.19. The molecule has 23 heavy (non-hydrogen) atoms. The lowest BCUT2D eigenvalue weighted by Crippen LogP contribution is -2.21. The van der Waals surface area contributed by atoms with Crippen LogP contribution in [0.1, 0.15) is 20.3 Å². The molecule has 0 aliphatic heterocycles. The summed E-state index contributed by atoms with van der Waals surface area (Å²) in [5, 5.41) is 0. The highest BCUT2D eigenvalue weighted by Gasteiger charge is 2.12. The molecule has 1 heterocycles. The summed E-state index contributed by atoms with van der Waals surface area (Å²) < 4.78 is 5.99. The number of rotatable bonds is 6. The smallest absolute Gasteiger partial charge is 0.244 e. The molecule has 2 aromatic rings. The van der Waals surface area contributed by atoms with Crippen LogP contribution in [0.15, 0.2) is 72.3 Å². The number of nitrogen functional groups attached to an aromatic ring is 1. The minimum atomic E-state index is 0.408. The molecule has 0 amide bonds. The molecular weight excluding hydrogens is 286 g/mol. The van der Waals surface area contributed by atoms with Gasteiger partial charge in [0.2, 0.25) is 11.8 Å². The van der Waals surface area contributed by atoms with Gasteiger partial charge in [-0.05, 0) is 43.2 Å². The van der Waals surface area contributed by atoms with Crippen molar-refractivity contribution in [3.05, 3.63) is 72.3 Å². The Morgan fingerprint density at radius 3 is 2.61 bits per heavy atom. The summed E-state index contributed by atoms with van der Waals surface area (Å²) in [6, 6.07) is 13.6. The van der Waals surface area contributed by atoms with Crippen LogP contribution in [-0.4, -0.2) is 12.0 Å². The molecule has 2 rings (SSSR count). The normalized spacial score (nSPS) is 12.1. The fourth-order valence-electron chi connectivity index (χ4n) is 2.14. The van der Waals surface area contributed by atoms with Gasteiger partial charge >= 0.3 is 0 Å². The molecule has 0 bridgehead atoms. The Bertz CT molecular complexity index is 693. The number of allylic oxidation sites excluding steroid dienone is 3. The van der Waals surface area contributed by atoms with Crippen molar-refractivity contribution in [3.8, 4) is 5.88 Å². The lowest BCUT2D eigenvalue weighted by atomic mass is 10.2. The van der Waals surface area contributed by atoms with E-state index in [0.717, 1.165) is 17.7 Å². The molecule has 0 saturated heterocycles. The van der Waals surface area contributed by atoms with Gasteiger partial charge in [-0.25, -0.2) is 4.98 Å². The van der Waals surface area contributed by atoms with Crippen LogP contribution in [0.2, 0.25) is 0 Å². The van der Waals surface area contributed by atoms with Crippen LogP contribution in [0.4, 0.5) is 11.4 Å². The zero-order valence-electron chi connectivity index (χ0n) is 13.9. The maximum atomic E-state index is 5.99. The first-order valence-electron chi connectivity index (χ1n) is 7.67. The number of ether oxygens (including phenoxy) is 1. The maximum absolute atomic E-state index is 5.99. The van der Waals surface area contributed by atoms with Crippen LogP contribution in [0, 0.1) is 0 Å². The topological polar surface area (TPSA) is 51.4 Å². The fourth-order valence-corrected chi connectivity index (χ4v) is 2.14. The van der Waals surface area contributed by atoms with Gasteiger partial charge < -0.3 is 15.4 Å². The number of para-hydroxylation sites is 1. The maximum Gasteiger partial charge on any atom is 0.244 e. The first-order chi connectivity index (χ1) is 11.1.